The number of hydrogen-bond donors (Lipinski definition) is 0. The third kappa shape index (κ3) is 4.57. The lowest BCUT2D eigenvalue weighted by Gasteiger charge is -1.99. The summed E-state index contributed by atoms with van der Waals surface area (Å²) in [7, 11) is 0. The molecule has 0 radical (unpaired) electrons. The first-order chi connectivity index (χ1) is 3.81. The van der Waals surface area contributed by atoms with Crippen LogP contribution in [0.25, 0.3) is 0 Å². The third-order valence-electron chi connectivity index (χ3n) is 1.04. The van der Waals surface area contributed by atoms with Gasteiger partial charge in [0, 0.05) is 5.33 Å². The summed E-state index contributed by atoms with van der Waals surface area (Å²) in [6.07, 6.45) is 2.18. The zero-order chi connectivity index (χ0) is 6.41. The molecule has 0 spiro atoms. The summed E-state index contributed by atoms with van der Waals surface area (Å²) in [4.78, 5) is 0. The number of alkyl halides is 2. The van der Waals surface area contributed by atoms with Crippen LogP contribution in [0.3, 0.4) is 0 Å². The van der Waals surface area contributed by atoms with Gasteiger partial charge in [-0.3, -0.25) is 0 Å². The summed E-state index contributed by atoms with van der Waals surface area (Å²) < 4.78 is 12.3. The highest BCUT2D eigenvalue weighted by atomic mass is 79.9. The Morgan fingerprint density at radius 3 is 2.62 bits per heavy atom. The summed E-state index contributed by atoms with van der Waals surface area (Å²) in [6.45, 7) is 2.07. The molecule has 0 saturated carbocycles. The second kappa shape index (κ2) is 5.54. The first-order valence-electron chi connectivity index (χ1n) is 3.01. The molecule has 0 N–H and O–H groups in total. The standard InChI is InChI=1S/C6H12BrF/c1-2-3-4-6(8)5-7/h6H,2-5H2,1H3/t6-/m1/s1. The van der Waals surface area contributed by atoms with E-state index in [4.69, 9.17) is 0 Å². The molecule has 0 aromatic carbocycles. The van der Waals surface area contributed by atoms with Crippen molar-refractivity contribution in [2.75, 3.05) is 5.33 Å². The lowest BCUT2D eigenvalue weighted by molar-refractivity contribution is 0.341. The van der Waals surface area contributed by atoms with Crippen LogP contribution < -0.4 is 0 Å². The molecule has 0 aromatic rings. The Bertz CT molecular complexity index is 47.8. The van der Waals surface area contributed by atoms with Gasteiger partial charge in [-0.15, -0.1) is 0 Å². The van der Waals surface area contributed by atoms with Gasteiger partial charge in [0.15, 0.2) is 0 Å². The molecule has 0 aliphatic heterocycles. The van der Waals surface area contributed by atoms with Gasteiger partial charge in [-0.2, -0.15) is 0 Å². The minimum atomic E-state index is -0.630. The van der Waals surface area contributed by atoms with Gasteiger partial charge in [-0.25, -0.2) is 4.39 Å². The monoisotopic (exact) mass is 182 g/mol. The molecule has 0 rings (SSSR count). The molecular formula is C6H12BrF. The highest BCUT2D eigenvalue weighted by Crippen LogP contribution is 2.06. The number of halogens is 2. The largest absolute Gasteiger partial charge is 0.247 e. The maximum Gasteiger partial charge on any atom is 0.110 e. The van der Waals surface area contributed by atoms with Crippen molar-refractivity contribution in [3.05, 3.63) is 0 Å². The van der Waals surface area contributed by atoms with Crippen LogP contribution in [-0.2, 0) is 0 Å². The average Bonchev–Trinajstić information content (AvgIpc) is 1.83. The SMILES string of the molecule is CCCC[C@@H](F)CBr. The van der Waals surface area contributed by atoms with Crippen molar-refractivity contribution in [2.45, 2.75) is 32.4 Å². The van der Waals surface area contributed by atoms with Crippen molar-refractivity contribution in [1.29, 1.82) is 0 Å². The topological polar surface area (TPSA) is 0 Å². The van der Waals surface area contributed by atoms with Crippen molar-refractivity contribution in [3.63, 3.8) is 0 Å². The van der Waals surface area contributed by atoms with Crippen LogP contribution >= 0.6 is 15.9 Å². The van der Waals surface area contributed by atoms with Gasteiger partial charge in [0.25, 0.3) is 0 Å². The Kier molecular flexibility index (Phi) is 5.83. The van der Waals surface area contributed by atoms with E-state index < -0.39 is 6.17 Å². The zero-order valence-electron chi connectivity index (χ0n) is 5.16. The van der Waals surface area contributed by atoms with Crippen molar-refractivity contribution in [1.82, 2.24) is 0 Å². The number of rotatable bonds is 4. The molecule has 0 amide bonds. The van der Waals surface area contributed by atoms with Crippen molar-refractivity contribution in [2.24, 2.45) is 0 Å². The van der Waals surface area contributed by atoms with Gasteiger partial charge in [0.05, 0.1) is 0 Å². The Labute approximate surface area is 58.6 Å². The van der Waals surface area contributed by atoms with Crippen LogP contribution in [0.2, 0.25) is 0 Å². The van der Waals surface area contributed by atoms with Crippen LogP contribution in [0, 0.1) is 0 Å². The second-order valence-electron chi connectivity index (χ2n) is 1.89. The van der Waals surface area contributed by atoms with Crippen molar-refractivity contribution in [3.8, 4) is 0 Å². The quantitative estimate of drug-likeness (QED) is 0.588. The molecule has 0 heterocycles. The first-order valence-corrected chi connectivity index (χ1v) is 4.13. The van der Waals surface area contributed by atoms with E-state index in [2.05, 4.69) is 22.9 Å². The Hall–Kier alpha value is 0.410. The minimum Gasteiger partial charge on any atom is -0.247 e. The fourth-order valence-electron chi connectivity index (χ4n) is 0.503. The van der Waals surface area contributed by atoms with Gasteiger partial charge < -0.3 is 0 Å². The molecule has 0 nitrogen and oxygen atoms in total. The molecule has 0 bridgehead atoms. The highest BCUT2D eigenvalue weighted by molar-refractivity contribution is 9.09. The van der Waals surface area contributed by atoms with Crippen LogP contribution in [0.5, 0.6) is 0 Å². The Morgan fingerprint density at radius 1 is 1.62 bits per heavy atom. The number of unbranched alkanes of at least 4 members (excludes halogenated alkanes) is 1. The van der Waals surface area contributed by atoms with Crippen molar-refractivity contribution >= 4 is 15.9 Å². The van der Waals surface area contributed by atoms with Crippen molar-refractivity contribution < 1.29 is 4.39 Å². The number of hydrogen-bond acceptors (Lipinski definition) is 0. The Morgan fingerprint density at radius 2 is 2.25 bits per heavy atom. The summed E-state index contributed by atoms with van der Waals surface area (Å²) in [6, 6.07) is 0. The summed E-state index contributed by atoms with van der Waals surface area (Å²) in [5, 5.41) is 0.493. The van der Waals surface area contributed by atoms with E-state index in [9.17, 15) is 4.39 Å². The summed E-state index contributed by atoms with van der Waals surface area (Å²) in [5.74, 6) is 0. The molecule has 0 aromatic heterocycles. The molecule has 0 fully saturated rings. The predicted molar refractivity (Wildman–Crippen MR) is 38.2 cm³/mol. The molecule has 2 heteroatoms. The summed E-state index contributed by atoms with van der Waals surface area (Å²) in [5.41, 5.74) is 0. The van der Waals surface area contributed by atoms with E-state index in [1.165, 1.54) is 0 Å². The lowest BCUT2D eigenvalue weighted by Crippen LogP contribution is -1.99. The normalized spacial score (nSPS) is 13.9. The smallest absolute Gasteiger partial charge is 0.110 e. The van der Waals surface area contributed by atoms with Gasteiger partial charge in [-0.1, -0.05) is 35.7 Å². The molecule has 0 aliphatic carbocycles. The predicted octanol–water partition coefficient (Wildman–Crippen LogP) is 2.91. The van der Waals surface area contributed by atoms with Gasteiger partial charge >= 0.3 is 0 Å². The van der Waals surface area contributed by atoms with Gasteiger partial charge in [0.2, 0.25) is 0 Å². The molecular weight excluding hydrogens is 171 g/mol. The van der Waals surface area contributed by atoms with E-state index in [1.54, 1.807) is 0 Å². The molecule has 0 aliphatic rings. The van der Waals surface area contributed by atoms with Crippen LogP contribution in [-0.4, -0.2) is 11.5 Å². The molecule has 1 atom stereocenters. The highest BCUT2D eigenvalue weighted by Gasteiger charge is 2.00. The zero-order valence-corrected chi connectivity index (χ0v) is 6.75. The van der Waals surface area contributed by atoms with Crippen LogP contribution in [0.4, 0.5) is 4.39 Å². The maximum absolute atomic E-state index is 12.3. The minimum absolute atomic E-state index is 0.493. The fourth-order valence-corrected chi connectivity index (χ4v) is 0.827. The van der Waals surface area contributed by atoms with E-state index in [0.29, 0.717) is 11.8 Å². The molecule has 50 valence electrons. The van der Waals surface area contributed by atoms with E-state index in [-0.39, 0.29) is 0 Å². The first kappa shape index (κ1) is 8.41. The van der Waals surface area contributed by atoms with E-state index in [0.717, 1.165) is 12.8 Å². The fraction of sp³-hybridized carbons (Fsp3) is 1.00. The third-order valence-corrected chi connectivity index (χ3v) is 1.74. The van der Waals surface area contributed by atoms with Crippen LogP contribution in [0.15, 0.2) is 0 Å². The van der Waals surface area contributed by atoms with E-state index >= 15 is 0 Å². The Balaban J connectivity index is 2.86. The molecule has 0 saturated heterocycles. The van der Waals surface area contributed by atoms with Crippen LogP contribution in [0.1, 0.15) is 26.2 Å². The average molecular weight is 183 g/mol. The summed E-state index contributed by atoms with van der Waals surface area (Å²) >= 11 is 3.07. The van der Waals surface area contributed by atoms with Gasteiger partial charge in [-0.05, 0) is 6.42 Å². The molecule has 0 unspecified atom stereocenters. The lowest BCUT2D eigenvalue weighted by atomic mass is 10.2. The van der Waals surface area contributed by atoms with Gasteiger partial charge in [0.1, 0.15) is 6.17 Å². The van der Waals surface area contributed by atoms with E-state index in [1.807, 2.05) is 0 Å². The molecule has 8 heavy (non-hydrogen) atoms. The maximum atomic E-state index is 12.3. The second-order valence-corrected chi connectivity index (χ2v) is 2.54.